The lowest BCUT2D eigenvalue weighted by Gasteiger charge is -2.11. The number of amides is 1. The lowest BCUT2D eigenvalue weighted by atomic mass is 10.2. The second-order valence-electron chi connectivity index (χ2n) is 7.89. The Bertz CT molecular complexity index is 1680. The quantitative estimate of drug-likeness (QED) is 0.104. The van der Waals surface area contributed by atoms with Gasteiger partial charge in [0.05, 0.1) is 32.9 Å². The van der Waals surface area contributed by atoms with Gasteiger partial charge >= 0.3 is 5.97 Å². The Morgan fingerprint density at radius 2 is 1.51 bits per heavy atom. The first-order valence-electron chi connectivity index (χ1n) is 11.1. The minimum Gasteiger partial charge on any atom is -0.423 e. The van der Waals surface area contributed by atoms with Crippen LogP contribution in [-0.4, -0.2) is 26.5 Å². The molecule has 12 heteroatoms. The molecule has 0 aliphatic carbocycles. The van der Waals surface area contributed by atoms with Crippen LogP contribution in [0.3, 0.4) is 0 Å². The van der Waals surface area contributed by atoms with Crippen LogP contribution in [0.2, 0.25) is 15.1 Å². The summed E-state index contributed by atoms with van der Waals surface area (Å²) in [5.74, 6) is -1.10. The molecule has 0 aromatic heterocycles. The molecule has 0 fully saturated rings. The SMILES string of the molecule is O=C(Oc1cccc(/C=N\NC(=O)c2ccccc2NS(=O)(=O)c2ccc(Cl)cc2)c1)c1ccc(Cl)cc1Cl. The molecule has 8 nitrogen and oxygen atoms in total. The molecule has 0 aliphatic rings. The fourth-order valence-electron chi connectivity index (χ4n) is 3.29. The van der Waals surface area contributed by atoms with Crippen LogP contribution in [0.4, 0.5) is 5.69 Å². The van der Waals surface area contributed by atoms with Crippen LogP contribution in [-0.2, 0) is 10.0 Å². The molecule has 0 spiro atoms. The van der Waals surface area contributed by atoms with E-state index in [-0.39, 0.29) is 32.5 Å². The number of nitrogens with zero attached hydrogens (tertiary/aromatic N) is 1. The number of hydrogen-bond acceptors (Lipinski definition) is 6. The van der Waals surface area contributed by atoms with Crippen molar-refractivity contribution in [2.24, 2.45) is 5.10 Å². The third-order valence-electron chi connectivity index (χ3n) is 5.14. The maximum absolute atomic E-state index is 12.8. The van der Waals surface area contributed by atoms with E-state index in [9.17, 15) is 18.0 Å². The van der Waals surface area contributed by atoms with Crippen LogP contribution in [0.25, 0.3) is 0 Å². The first-order chi connectivity index (χ1) is 18.6. The standard InChI is InChI=1S/C27H18Cl3N3O5S/c28-18-8-11-21(12-9-18)39(36,37)33-25-7-2-1-6-23(25)26(34)32-31-16-17-4-3-5-20(14-17)38-27(35)22-13-10-19(29)15-24(22)30/h1-16,33H,(H,32,34)/b31-16-. The molecule has 198 valence electrons. The zero-order valence-electron chi connectivity index (χ0n) is 19.8. The van der Waals surface area contributed by atoms with Crippen LogP contribution < -0.4 is 14.9 Å². The van der Waals surface area contributed by atoms with E-state index in [1.165, 1.54) is 66.9 Å². The van der Waals surface area contributed by atoms with Crippen molar-refractivity contribution >= 4 is 68.6 Å². The van der Waals surface area contributed by atoms with Crippen molar-refractivity contribution in [1.82, 2.24) is 5.43 Å². The summed E-state index contributed by atoms with van der Waals surface area (Å²) >= 11 is 17.8. The fraction of sp³-hybridized carbons (Fsp3) is 0. The number of hydrogen-bond donors (Lipinski definition) is 2. The van der Waals surface area contributed by atoms with Gasteiger partial charge in [0.2, 0.25) is 0 Å². The molecule has 0 atom stereocenters. The minimum absolute atomic E-state index is 0.0148. The van der Waals surface area contributed by atoms with E-state index >= 15 is 0 Å². The van der Waals surface area contributed by atoms with Crippen LogP contribution >= 0.6 is 34.8 Å². The summed E-state index contributed by atoms with van der Waals surface area (Å²) in [6.45, 7) is 0. The Kier molecular flexibility index (Phi) is 8.88. The predicted octanol–water partition coefficient (Wildman–Crippen LogP) is 6.43. The van der Waals surface area contributed by atoms with E-state index in [1.54, 1.807) is 30.3 Å². The lowest BCUT2D eigenvalue weighted by molar-refractivity contribution is 0.0734. The van der Waals surface area contributed by atoms with Crippen molar-refractivity contribution in [3.63, 3.8) is 0 Å². The van der Waals surface area contributed by atoms with Crippen molar-refractivity contribution in [2.45, 2.75) is 4.90 Å². The van der Waals surface area contributed by atoms with Crippen molar-refractivity contribution < 1.29 is 22.7 Å². The Hall–Kier alpha value is -3.89. The van der Waals surface area contributed by atoms with Gasteiger partial charge in [0.25, 0.3) is 15.9 Å². The van der Waals surface area contributed by atoms with Gasteiger partial charge in [-0.1, -0.05) is 59.1 Å². The number of rotatable bonds is 8. The maximum atomic E-state index is 12.8. The average molecular weight is 603 g/mol. The maximum Gasteiger partial charge on any atom is 0.345 e. The third-order valence-corrected chi connectivity index (χ3v) is 7.32. The largest absolute Gasteiger partial charge is 0.423 e. The summed E-state index contributed by atoms with van der Waals surface area (Å²) in [4.78, 5) is 25.2. The highest BCUT2D eigenvalue weighted by Gasteiger charge is 2.18. The number of ether oxygens (including phenoxy) is 1. The van der Waals surface area contributed by atoms with Crippen LogP contribution in [0.15, 0.2) is 101 Å². The first-order valence-corrected chi connectivity index (χ1v) is 13.7. The van der Waals surface area contributed by atoms with Gasteiger partial charge in [0.1, 0.15) is 5.75 Å². The number of para-hydroxylation sites is 1. The number of sulfonamides is 1. The Morgan fingerprint density at radius 1 is 0.795 bits per heavy atom. The number of benzene rings is 4. The van der Waals surface area contributed by atoms with Gasteiger partial charge in [-0.2, -0.15) is 5.10 Å². The molecule has 1 amide bonds. The van der Waals surface area contributed by atoms with Crippen LogP contribution in [0.1, 0.15) is 26.3 Å². The second-order valence-corrected chi connectivity index (χ2v) is 10.9. The molecule has 0 unspecified atom stereocenters. The molecular formula is C27H18Cl3N3O5S. The molecule has 4 rings (SSSR count). The molecule has 0 saturated heterocycles. The molecule has 39 heavy (non-hydrogen) atoms. The van der Waals surface area contributed by atoms with Gasteiger partial charge in [-0.3, -0.25) is 9.52 Å². The molecule has 0 heterocycles. The molecular weight excluding hydrogens is 585 g/mol. The molecule has 4 aromatic carbocycles. The van der Waals surface area contributed by atoms with E-state index < -0.39 is 21.9 Å². The van der Waals surface area contributed by atoms with Crippen molar-refractivity contribution in [2.75, 3.05) is 4.72 Å². The number of carbonyl (C=O) groups is 2. The lowest BCUT2D eigenvalue weighted by Crippen LogP contribution is -2.21. The van der Waals surface area contributed by atoms with Crippen molar-refractivity contribution in [3.05, 3.63) is 123 Å². The van der Waals surface area contributed by atoms with E-state index in [4.69, 9.17) is 39.5 Å². The zero-order chi connectivity index (χ0) is 28.0. The summed E-state index contributed by atoms with van der Waals surface area (Å²) < 4.78 is 33.3. The Labute approximate surface area is 239 Å². The first kappa shape index (κ1) is 28.1. The van der Waals surface area contributed by atoms with Gasteiger partial charge in [-0.25, -0.2) is 18.6 Å². The van der Waals surface area contributed by atoms with Crippen LogP contribution in [0, 0.1) is 0 Å². The van der Waals surface area contributed by atoms with E-state index in [2.05, 4.69) is 15.2 Å². The minimum atomic E-state index is -3.97. The van der Waals surface area contributed by atoms with Gasteiger partial charge < -0.3 is 4.74 Å². The van der Waals surface area contributed by atoms with Gasteiger partial charge in [-0.15, -0.1) is 0 Å². The summed E-state index contributed by atoms with van der Waals surface area (Å²) in [7, 11) is -3.97. The smallest absolute Gasteiger partial charge is 0.345 e. The zero-order valence-corrected chi connectivity index (χ0v) is 22.9. The van der Waals surface area contributed by atoms with Gasteiger partial charge in [0, 0.05) is 10.0 Å². The molecule has 2 N–H and O–H groups in total. The fourth-order valence-corrected chi connectivity index (χ4v) is 4.98. The number of esters is 1. The van der Waals surface area contributed by atoms with E-state index in [1.807, 2.05) is 0 Å². The topological polar surface area (TPSA) is 114 Å². The highest BCUT2D eigenvalue weighted by atomic mass is 35.5. The number of nitrogens with one attached hydrogen (secondary N) is 2. The summed E-state index contributed by atoms with van der Waals surface area (Å²) in [6.07, 6.45) is 1.34. The highest BCUT2D eigenvalue weighted by molar-refractivity contribution is 7.92. The third kappa shape index (κ3) is 7.36. The summed E-state index contributed by atoms with van der Waals surface area (Å²) in [5.41, 5.74) is 3.14. The van der Waals surface area contributed by atoms with Crippen molar-refractivity contribution in [3.8, 4) is 5.75 Å². The van der Waals surface area contributed by atoms with E-state index in [0.717, 1.165) is 0 Å². The number of carbonyl (C=O) groups excluding carboxylic acids is 2. The van der Waals surface area contributed by atoms with E-state index in [0.29, 0.717) is 15.6 Å². The predicted molar refractivity (Wildman–Crippen MR) is 152 cm³/mol. The number of anilines is 1. The average Bonchev–Trinajstić information content (AvgIpc) is 2.89. The monoisotopic (exact) mass is 601 g/mol. The molecule has 4 aromatic rings. The Morgan fingerprint density at radius 3 is 2.26 bits per heavy atom. The molecule has 0 bridgehead atoms. The normalized spacial score (nSPS) is 11.3. The highest BCUT2D eigenvalue weighted by Crippen LogP contribution is 2.24. The van der Waals surface area contributed by atoms with Gasteiger partial charge in [-0.05, 0) is 72.3 Å². The summed E-state index contributed by atoms with van der Waals surface area (Å²) in [5, 5.41) is 4.87. The second kappa shape index (κ2) is 12.3. The van der Waals surface area contributed by atoms with Crippen LogP contribution in [0.5, 0.6) is 5.75 Å². The number of halogens is 3. The van der Waals surface area contributed by atoms with Gasteiger partial charge in [0.15, 0.2) is 0 Å². The van der Waals surface area contributed by atoms with Crippen molar-refractivity contribution in [1.29, 1.82) is 0 Å². The number of hydrazone groups is 1. The Balaban J connectivity index is 1.43. The molecule has 0 saturated carbocycles. The summed E-state index contributed by atoms with van der Waals surface area (Å²) in [6, 6.07) is 22.5. The molecule has 0 aliphatic heterocycles. The molecule has 0 radical (unpaired) electrons.